The quantitative estimate of drug-likeness (QED) is 0.886. The summed E-state index contributed by atoms with van der Waals surface area (Å²) in [5, 5.41) is 1.03. The summed E-state index contributed by atoms with van der Waals surface area (Å²) in [4.78, 5) is 11.7. The minimum Gasteiger partial charge on any atom is -0.366 e. The van der Waals surface area contributed by atoms with Gasteiger partial charge in [0.2, 0.25) is 0 Å². The van der Waals surface area contributed by atoms with Crippen molar-refractivity contribution in [3.8, 4) is 0 Å². The van der Waals surface area contributed by atoms with Gasteiger partial charge in [-0.25, -0.2) is 0 Å². The number of aryl methyl sites for hydroxylation is 1. The molecule has 2 rings (SSSR count). The Morgan fingerprint density at radius 1 is 1.39 bits per heavy atom. The molecule has 0 saturated carbocycles. The highest BCUT2D eigenvalue weighted by molar-refractivity contribution is 6.08. The molecule has 0 fully saturated rings. The molecule has 1 amide bonds. The van der Waals surface area contributed by atoms with Gasteiger partial charge in [0.15, 0.2) is 0 Å². The van der Waals surface area contributed by atoms with E-state index in [1.807, 2.05) is 30.7 Å². The topological polar surface area (TPSA) is 48.0 Å². The normalized spacial score (nSPS) is 11.4. The van der Waals surface area contributed by atoms with Crippen LogP contribution in [-0.4, -0.2) is 10.5 Å². The number of nitrogens with zero attached hydrogens (tertiary/aromatic N) is 1. The fourth-order valence-corrected chi connectivity index (χ4v) is 2.60. The van der Waals surface area contributed by atoms with Crippen LogP contribution in [0.5, 0.6) is 0 Å². The van der Waals surface area contributed by atoms with Gasteiger partial charge in [-0.2, -0.15) is 0 Å². The van der Waals surface area contributed by atoms with Crippen molar-refractivity contribution in [1.29, 1.82) is 0 Å². The molecule has 0 aliphatic rings. The number of hydrogen-bond acceptors (Lipinski definition) is 1. The second-order valence-electron chi connectivity index (χ2n) is 5.29. The Morgan fingerprint density at radius 3 is 2.61 bits per heavy atom. The third-order valence-electron chi connectivity index (χ3n) is 3.48. The van der Waals surface area contributed by atoms with Crippen molar-refractivity contribution in [3.63, 3.8) is 0 Å². The largest absolute Gasteiger partial charge is 0.366 e. The van der Waals surface area contributed by atoms with Gasteiger partial charge in [0.05, 0.1) is 5.56 Å². The van der Waals surface area contributed by atoms with Crippen LogP contribution in [0.15, 0.2) is 18.2 Å². The van der Waals surface area contributed by atoms with Crippen molar-refractivity contribution < 1.29 is 4.79 Å². The number of carbonyl (C=O) groups excluding carboxylic acids is 1. The lowest BCUT2D eigenvalue weighted by Crippen LogP contribution is -2.13. The molecule has 0 radical (unpaired) electrons. The minimum atomic E-state index is -0.339. The summed E-state index contributed by atoms with van der Waals surface area (Å²) in [6.07, 6.45) is 0.959. The van der Waals surface area contributed by atoms with Gasteiger partial charge in [0, 0.05) is 23.6 Å². The second kappa shape index (κ2) is 4.48. The molecule has 18 heavy (non-hydrogen) atoms. The van der Waals surface area contributed by atoms with Gasteiger partial charge in [-0.3, -0.25) is 4.79 Å². The van der Waals surface area contributed by atoms with E-state index in [-0.39, 0.29) is 5.91 Å². The van der Waals surface area contributed by atoms with Crippen LogP contribution in [0.2, 0.25) is 0 Å². The van der Waals surface area contributed by atoms with Crippen LogP contribution in [0.3, 0.4) is 0 Å². The zero-order valence-electron chi connectivity index (χ0n) is 11.4. The number of primary amides is 1. The summed E-state index contributed by atoms with van der Waals surface area (Å²) in [7, 11) is 1.98. The SMILES string of the molecule is Cc1c(C(N)=O)c2c(CC(C)C)cccc2n1C. The number of nitrogens with two attached hydrogens (primary N) is 1. The molecule has 2 aromatic rings. The maximum Gasteiger partial charge on any atom is 0.251 e. The van der Waals surface area contributed by atoms with Gasteiger partial charge in [-0.05, 0) is 30.9 Å². The lowest BCUT2D eigenvalue weighted by Gasteiger charge is -2.08. The Kier molecular flexibility index (Phi) is 3.16. The Bertz CT molecular complexity index is 608. The Labute approximate surface area is 108 Å². The molecular weight excluding hydrogens is 224 g/mol. The Balaban J connectivity index is 2.81. The van der Waals surface area contributed by atoms with E-state index in [1.54, 1.807) is 0 Å². The molecule has 0 saturated heterocycles. The summed E-state index contributed by atoms with van der Waals surface area (Å²) >= 11 is 0. The smallest absolute Gasteiger partial charge is 0.251 e. The molecule has 3 nitrogen and oxygen atoms in total. The van der Waals surface area contributed by atoms with E-state index in [1.165, 1.54) is 5.56 Å². The number of fused-ring (bicyclic) bond motifs is 1. The first-order valence-corrected chi connectivity index (χ1v) is 6.30. The van der Waals surface area contributed by atoms with Gasteiger partial charge in [-0.15, -0.1) is 0 Å². The van der Waals surface area contributed by atoms with Gasteiger partial charge < -0.3 is 10.3 Å². The Hall–Kier alpha value is -1.77. The molecule has 0 bridgehead atoms. The summed E-state index contributed by atoms with van der Waals surface area (Å²) in [6, 6.07) is 6.18. The third-order valence-corrected chi connectivity index (χ3v) is 3.48. The van der Waals surface area contributed by atoms with Crippen molar-refractivity contribution in [3.05, 3.63) is 35.0 Å². The summed E-state index contributed by atoms with van der Waals surface area (Å²) in [6.45, 7) is 6.30. The highest BCUT2D eigenvalue weighted by atomic mass is 16.1. The van der Waals surface area contributed by atoms with E-state index < -0.39 is 0 Å². The maximum absolute atomic E-state index is 11.7. The molecule has 2 N–H and O–H groups in total. The van der Waals surface area contributed by atoms with E-state index in [0.29, 0.717) is 11.5 Å². The van der Waals surface area contributed by atoms with Gasteiger partial charge in [-0.1, -0.05) is 26.0 Å². The molecule has 0 atom stereocenters. The number of carbonyl (C=O) groups is 1. The van der Waals surface area contributed by atoms with Crippen LogP contribution in [0.4, 0.5) is 0 Å². The standard InChI is InChI=1S/C15H20N2O/c1-9(2)8-11-6-5-7-12-14(11)13(15(16)18)10(3)17(12)4/h5-7,9H,8H2,1-4H3,(H2,16,18). The molecule has 96 valence electrons. The highest BCUT2D eigenvalue weighted by Gasteiger charge is 2.18. The zero-order valence-corrected chi connectivity index (χ0v) is 11.4. The average Bonchev–Trinajstić information content (AvgIpc) is 2.53. The molecule has 0 aliphatic carbocycles. The molecular formula is C15H20N2O. The van der Waals surface area contributed by atoms with Crippen molar-refractivity contribution in [1.82, 2.24) is 4.57 Å². The molecule has 1 aromatic carbocycles. The number of hydrogen-bond donors (Lipinski definition) is 1. The number of aromatic nitrogens is 1. The Morgan fingerprint density at radius 2 is 2.06 bits per heavy atom. The van der Waals surface area contributed by atoms with Crippen LogP contribution in [0.25, 0.3) is 10.9 Å². The van der Waals surface area contributed by atoms with E-state index >= 15 is 0 Å². The minimum absolute atomic E-state index is 0.339. The average molecular weight is 244 g/mol. The molecule has 0 spiro atoms. The van der Waals surface area contributed by atoms with Crippen LogP contribution in [0.1, 0.15) is 35.5 Å². The van der Waals surface area contributed by atoms with Crippen LogP contribution in [-0.2, 0) is 13.5 Å². The van der Waals surface area contributed by atoms with Crippen molar-refractivity contribution >= 4 is 16.8 Å². The summed E-state index contributed by atoms with van der Waals surface area (Å²) in [5.74, 6) is 0.214. The fraction of sp³-hybridized carbons (Fsp3) is 0.400. The van der Waals surface area contributed by atoms with Crippen molar-refractivity contribution in [2.24, 2.45) is 18.7 Å². The number of benzene rings is 1. The monoisotopic (exact) mass is 244 g/mol. The van der Waals surface area contributed by atoms with Gasteiger partial charge >= 0.3 is 0 Å². The van der Waals surface area contributed by atoms with Crippen molar-refractivity contribution in [2.75, 3.05) is 0 Å². The van der Waals surface area contributed by atoms with E-state index in [4.69, 9.17) is 5.73 Å². The predicted octanol–water partition coefficient (Wildman–Crippen LogP) is 2.78. The maximum atomic E-state index is 11.7. The zero-order chi connectivity index (χ0) is 13.4. The third kappa shape index (κ3) is 1.90. The van der Waals surface area contributed by atoms with E-state index in [0.717, 1.165) is 23.0 Å². The first kappa shape index (κ1) is 12.7. The highest BCUT2D eigenvalue weighted by Crippen LogP contribution is 2.29. The molecule has 0 unspecified atom stereocenters. The number of rotatable bonds is 3. The molecule has 0 aliphatic heterocycles. The van der Waals surface area contributed by atoms with Crippen LogP contribution >= 0.6 is 0 Å². The first-order valence-electron chi connectivity index (χ1n) is 6.30. The molecule has 1 aromatic heterocycles. The van der Waals surface area contributed by atoms with E-state index in [2.05, 4.69) is 19.9 Å². The van der Waals surface area contributed by atoms with E-state index in [9.17, 15) is 4.79 Å². The summed E-state index contributed by atoms with van der Waals surface area (Å²) in [5.41, 5.74) is 9.44. The molecule has 1 heterocycles. The van der Waals surface area contributed by atoms with Crippen LogP contribution < -0.4 is 5.73 Å². The lowest BCUT2D eigenvalue weighted by atomic mass is 9.97. The summed E-state index contributed by atoms with van der Waals surface area (Å²) < 4.78 is 2.04. The first-order chi connectivity index (χ1) is 8.43. The molecule has 3 heteroatoms. The van der Waals surface area contributed by atoms with Crippen molar-refractivity contribution in [2.45, 2.75) is 27.2 Å². The number of amides is 1. The predicted molar refractivity (Wildman–Crippen MR) is 74.7 cm³/mol. The van der Waals surface area contributed by atoms with Gasteiger partial charge in [0.1, 0.15) is 0 Å². The second-order valence-corrected chi connectivity index (χ2v) is 5.29. The fourth-order valence-electron chi connectivity index (χ4n) is 2.60. The van der Waals surface area contributed by atoms with Crippen LogP contribution in [0, 0.1) is 12.8 Å². The lowest BCUT2D eigenvalue weighted by molar-refractivity contribution is 0.100. The van der Waals surface area contributed by atoms with Gasteiger partial charge in [0.25, 0.3) is 5.91 Å².